The molecule has 2 rings (SSSR count). The minimum absolute atomic E-state index is 0.537. The fraction of sp³-hybridized carbons (Fsp3) is 0.526. The van der Waals surface area contributed by atoms with Crippen molar-refractivity contribution < 1.29 is 9.94 Å². The second-order valence-corrected chi connectivity index (χ2v) is 5.99. The Morgan fingerprint density at radius 3 is 2.74 bits per heavy atom. The summed E-state index contributed by atoms with van der Waals surface area (Å²) < 4.78 is 5.45. The summed E-state index contributed by atoms with van der Waals surface area (Å²) in [6.45, 7) is 8.16. The van der Waals surface area contributed by atoms with Crippen molar-refractivity contribution in [2.75, 3.05) is 26.2 Å². The van der Waals surface area contributed by atoms with Gasteiger partial charge in [-0.05, 0) is 68.5 Å². The van der Waals surface area contributed by atoms with E-state index in [1.54, 1.807) is 0 Å². The van der Waals surface area contributed by atoms with Crippen LogP contribution in [0.2, 0.25) is 0 Å². The number of hydrogen-bond acceptors (Lipinski definition) is 4. The minimum Gasteiger partial charge on any atom is -0.494 e. The molecular weight excluding hydrogens is 288 g/mol. The van der Waals surface area contributed by atoms with E-state index >= 15 is 0 Å². The lowest BCUT2D eigenvalue weighted by Gasteiger charge is -2.28. The topological polar surface area (TPSA) is 45.1 Å². The zero-order chi connectivity index (χ0) is 16.5. The zero-order valence-electron chi connectivity index (χ0n) is 14.2. The van der Waals surface area contributed by atoms with Crippen LogP contribution in [0.15, 0.2) is 41.6 Å². The van der Waals surface area contributed by atoms with E-state index in [1.807, 2.05) is 31.2 Å². The number of rotatable bonds is 8. The molecule has 0 aliphatic carbocycles. The molecule has 1 atom stereocenters. The maximum Gasteiger partial charge on any atom is 0.119 e. The quantitative estimate of drug-likeness (QED) is 0.342. The molecule has 1 N–H and O–H groups in total. The first-order valence-corrected chi connectivity index (χ1v) is 8.60. The van der Waals surface area contributed by atoms with E-state index in [0.29, 0.717) is 12.5 Å². The molecule has 1 aliphatic rings. The predicted molar refractivity (Wildman–Crippen MR) is 94.5 cm³/mol. The van der Waals surface area contributed by atoms with Crippen molar-refractivity contribution in [1.29, 1.82) is 0 Å². The van der Waals surface area contributed by atoms with Crippen LogP contribution < -0.4 is 4.74 Å². The van der Waals surface area contributed by atoms with Gasteiger partial charge in [0.05, 0.1) is 12.3 Å². The van der Waals surface area contributed by atoms with Gasteiger partial charge in [-0.3, -0.25) is 4.90 Å². The summed E-state index contributed by atoms with van der Waals surface area (Å²) in [5.74, 6) is 1.38. The molecule has 1 unspecified atom stereocenters. The molecule has 0 aromatic heterocycles. The Kier molecular flexibility index (Phi) is 7.14. The van der Waals surface area contributed by atoms with Gasteiger partial charge < -0.3 is 9.94 Å². The molecule has 1 heterocycles. The fourth-order valence-electron chi connectivity index (χ4n) is 3.04. The average Bonchev–Trinajstić information content (AvgIpc) is 2.58. The van der Waals surface area contributed by atoms with E-state index in [1.165, 1.54) is 6.42 Å². The summed E-state index contributed by atoms with van der Waals surface area (Å²) in [6.07, 6.45) is 7.54. The van der Waals surface area contributed by atoms with E-state index < -0.39 is 0 Å². The van der Waals surface area contributed by atoms with Gasteiger partial charge in [-0.15, -0.1) is 0 Å². The first kappa shape index (κ1) is 17.5. The van der Waals surface area contributed by atoms with Crippen molar-refractivity contribution in [1.82, 2.24) is 4.90 Å². The van der Waals surface area contributed by atoms with E-state index in [4.69, 9.17) is 4.74 Å². The number of hydrogen-bond donors (Lipinski definition) is 1. The van der Waals surface area contributed by atoms with Crippen LogP contribution in [0, 0.1) is 5.92 Å². The zero-order valence-corrected chi connectivity index (χ0v) is 14.2. The van der Waals surface area contributed by atoms with Crippen LogP contribution in [0.25, 0.3) is 0 Å². The molecule has 0 fully saturated rings. The lowest BCUT2D eigenvalue weighted by Crippen LogP contribution is -2.33. The van der Waals surface area contributed by atoms with Crippen molar-refractivity contribution in [3.63, 3.8) is 0 Å². The van der Waals surface area contributed by atoms with Gasteiger partial charge in [0.1, 0.15) is 5.75 Å². The molecule has 1 aromatic carbocycles. The van der Waals surface area contributed by atoms with Crippen LogP contribution in [0.3, 0.4) is 0 Å². The highest BCUT2D eigenvalue weighted by Crippen LogP contribution is 2.19. The van der Waals surface area contributed by atoms with Crippen LogP contribution in [-0.2, 0) is 0 Å². The first-order valence-electron chi connectivity index (χ1n) is 8.60. The van der Waals surface area contributed by atoms with E-state index in [9.17, 15) is 5.21 Å². The third kappa shape index (κ3) is 5.39. The maximum absolute atomic E-state index is 9.35. The van der Waals surface area contributed by atoms with Crippen molar-refractivity contribution in [3.8, 4) is 5.75 Å². The third-order valence-corrected chi connectivity index (χ3v) is 4.18. The monoisotopic (exact) mass is 316 g/mol. The summed E-state index contributed by atoms with van der Waals surface area (Å²) in [4.78, 5) is 2.48. The summed E-state index contributed by atoms with van der Waals surface area (Å²) >= 11 is 0. The highest BCUT2D eigenvalue weighted by molar-refractivity contribution is 6.00. The lowest BCUT2D eigenvalue weighted by molar-refractivity contribution is 0.254. The number of oxime groups is 1. The molecule has 126 valence electrons. The second-order valence-electron chi connectivity index (χ2n) is 5.99. The fourth-order valence-corrected chi connectivity index (χ4v) is 3.04. The molecule has 0 bridgehead atoms. The van der Waals surface area contributed by atoms with Gasteiger partial charge in [-0.1, -0.05) is 24.2 Å². The Morgan fingerprint density at radius 1 is 1.30 bits per heavy atom. The molecule has 23 heavy (non-hydrogen) atoms. The van der Waals surface area contributed by atoms with Crippen LogP contribution in [0.5, 0.6) is 5.75 Å². The summed E-state index contributed by atoms with van der Waals surface area (Å²) in [7, 11) is 0. The van der Waals surface area contributed by atoms with Crippen molar-refractivity contribution in [3.05, 3.63) is 42.0 Å². The molecule has 0 amide bonds. The number of nitrogens with zero attached hydrogens (tertiary/aromatic N) is 2. The van der Waals surface area contributed by atoms with Gasteiger partial charge in [0, 0.05) is 13.1 Å². The average molecular weight is 316 g/mol. The van der Waals surface area contributed by atoms with E-state index in [-0.39, 0.29) is 0 Å². The van der Waals surface area contributed by atoms with Gasteiger partial charge in [-0.25, -0.2) is 0 Å². The van der Waals surface area contributed by atoms with Crippen LogP contribution in [0.1, 0.15) is 38.7 Å². The van der Waals surface area contributed by atoms with Crippen molar-refractivity contribution in [2.45, 2.75) is 33.1 Å². The van der Waals surface area contributed by atoms with Gasteiger partial charge in [0.2, 0.25) is 0 Å². The smallest absolute Gasteiger partial charge is 0.119 e. The Hall–Kier alpha value is -1.81. The highest BCUT2D eigenvalue weighted by atomic mass is 16.5. The minimum atomic E-state index is 0.537. The Labute approximate surface area is 139 Å². The standard InChI is InChI=1S/C19H28N2O2/c1-3-13-21-14-5-6-16(15-21)7-12-19(20-22)17-8-10-18(11-9-17)23-4-2/h5-6,8-11,16,22H,3-4,7,12-15H2,1-2H3. The summed E-state index contributed by atoms with van der Waals surface area (Å²) in [6, 6.07) is 7.77. The first-order chi connectivity index (χ1) is 11.3. The molecule has 4 heteroatoms. The van der Waals surface area contributed by atoms with Crippen molar-refractivity contribution in [2.24, 2.45) is 11.1 Å². The lowest BCUT2D eigenvalue weighted by atomic mass is 9.95. The Morgan fingerprint density at radius 2 is 2.09 bits per heavy atom. The van der Waals surface area contributed by atoms with Gasteiger partial charge in [0.15, 0.2) is 0 Å². The molecule has 4 nitrogen and oxygen atoms in total. The molecule has 0 spiro atoms. The van der Waals surface area contributed by atoms with Crippen LogP contribution in [0.4, 0.5) is 0 Å². The summed E-state index contributed by atoms with van der Waals surface area (Å²) in [5.41, 5.74) is 1.70. The highest BCUT2D eigenvalue weighted by Gasteiger charge is 2.16. The van der Waals surface area contributed by atoms with Crippen LogP contribution in [-0.4, -0.2) is 42.1 Å². The number of benzene rings is 1. The van der Waals surface area contributed by atoms with Gasteiger partial charge >= 0.3 is 0 Å². The molecule has 0 radical (unpaired) electrons. The largest absolute Gasteiger partial charge is 0.494 e. The van der Waals surface area contributed by atoms with E-state index in [0.717, 1.165) is 49.5 Å². The van der Waals surface area contributed by atoms with Gasteiger partial charge in [0.25, 0.3) is 0 Å². The molecule has 0 saturated carbocycles. The van der Waals surface area contributed by atoms with Gasteiger partial charge in [-0.2, -0.15) is 0 Å². The second kappa shape index (κ2) is 9.36. The molecule has 1 aliphatic heterocycles. The van der Waals surface area contributed by atoms with Crippen LogP contribution >= 0.6 is 0 Å². The SMILES string of the molecule is CCCN1CC=CC(CCC(=NO)c2ccc(OCC)cc2)C1. The number of ether oxygens (including phenoxy) is 1. The molecular formula is C19H28N2O2. The maximum atomic E-state index is 9.35. The Balaban J connectivity index is 1.90. The van der Waals surface area contributed by atoms with Crippen molar-refractivity contribution >= 4 is 5.71 Å². The third-order valence-electron chi connectivity index (χ3n) is 4.18. The Bertz CT molecular complexity index is 523. The summed E-state index contributed by atoms with van der Waals surface area (Å²) in [5, 5.41) is 12.9. The normalized spacial score (nSPS) is 19.0. The predicted octanol–water partition coefficient (Wildman–Crippen LogP) is 3.94. The van der Waals surface area contributed by atoms with E-state index in [2.05, 4.69) is 29.1 Å². The molecule has 0 saturated heterocycles. The molecule has 1 aromatic rings.